The largest absolute Gasteiger partial charge is 0.508 e. The fraction of sp³-hybridized carbons (Fsp3) is 0.647. The van der Waals surface area contributed by atoms with Crippen LogP contribution >= 0.6 is 0 Å². The first-order valence-corrected chi connectivity index (χ1v) is 7.64. The summed E-state index contributed by atoms with van der Waals surface area (Å²) in [6.07, 6.45) is 3.80. The highest BCUT2D eigenvalue weighted by Gasteiger charge is 2.27. The molecule has 0 amide bonds. The third-order valence-electron chi connectivity index (χ3n) is 4.60. The summed E-state index contributed by atoms with van der Waals surface area (Å²) in [5, 5.41) is 13.7. The Bertz CT molecular complexity index is 447. The summed E-state index contributed by atoms with van der Waals surface area (Å²) in [6, 6.07) is 6.08. The zero-order valence-electron chi connectivity index (χ0n) is 13.0. The van der Waals surface area contributed by atoms with E-state index in [4.69, 9.17) is 4.74 Å². The Balaban J connectivity index is 2.06. The molecule has 1 aliphatic carbocycles. The predicted octanol–water partition coefficient (Wildman–Crippen LogP) is 3.88. The first-order chi connectivity index (χ1) is 9.51. The molecule has 2 rings (SSSR count). The average Bonchev–Trinajstić information content (AvgIpc) is 2.42. The molecule has 0 aliphatic heterocycles. The molecule has 112 valence electrons. The third-order valence-corrected chi connectivity index (χ3v) is 4.60. The van der Waals surface area contributed by atoms with E-state index in [0.29, 0.717) is 17.7 Å². The summed E-state index contributed by atoms with van der Waals surface area (Å²) in [5.74, 6) is 2.65. The lowest BCUT2D eigenvalue weighted by Crippen LogP contribution is -2.40. The predicted molar refractivity (Wildman–Crippen MR) is 82.2 cm³/mol. The Kier molecular flexibility index (Phi) is 4.92. The Morgan fingerprint density at radius 3 is 2.70 bits per heavy atom. The molecule has 4 unspecified atom stereocenters. The summed E-state index contributed by atoms with van der Waals surface area (Å²) >= 11 is 0. The van der Waals surface area contributed by atoms with Crippen LogP contribution < -0.4 is 10.1 Å². The van der Waals surface area contributed by atoms with Gasteiger partial charge in [-0.15, -0.1) is 0 Å². The highest BCUT2D eigenvalue weighted by atomic mass is 16.5. The van der Waals surface area contributed by atoms with Crippen LogP contribution in [0.5, 0.6) is 11.5 Å². The van der Waals surface area contributed by atoms with Crippen molar-refractivity contribution >= 4 is 0 Å². The van der Waals surface area contributed by atoms with E-state index in [1.54, 1.807) is 19.2 Å². The van der Waals surface area contributed by atoms with E-state index in [0.717, 1.165) is 17.2 Å². The lowest BCUT2D eigenvalue weighted by Gasteiger charge is -2.35. The summed E-state index contributed by atoms with van der Waals surface area (Å²) < 4.78 is 5.25. The second-order valence-corrected chi connectivity index (χ2v) is 6.32. The van der Waals surface area contributed by atoms with Gasteiger partial charge < -0.3 is 15.2 Å². The van der Waals surface area contributed by atoms with Crippen molar-refractivity contribution in [3.8, 4) is 11.5 Å². The van der Waals surface area contributed by atoms with Gasteiger partial charge in [0, 0.05) is 17.6 Å². The topological polar surface area (TPSA) is 41.5 Å². The molecule has 1 fully saturated rings. The van der Waals surface area contributed by atoms with Gasteiger partial charge in [-0.25, -0.2) is 0 Å². The number of hydrogen-bond acceptors (Lipinski definition) is 3. The fourth-order valence-corrected chi connectivity index (χ4v) is 3.33. The molecule has 3 nitrogen and oxygen atoms in total. The van der Waals surface area contributed by atoms with Gasteiger partial charge in [-0.1, -0.05) is 13.8 Å². The van der Waals surface area contributed by atoms with Gasteiger partial charge in [0.2, 0.25) is 0 Å². The third kappa shape index (κ3) is 3.45. The summed E-state index contributed by atoms with van der Waals surface area (Å²) in [5.41, 5.74) is 0.912. The van der Waals surface area contributed by atoms with Gasteiger partial charge in [0.25, 0.3) is 0 Å². The Morgan fingerprint density at radius 2 is 2.05 bits per heavy atom. The van der Waals surface area contributed by atoms with Crippen LogP contribution in [-0.2, 0) is 0 Å². The zero-order chi connectivity index (χ0) is 14.7. The van der Waals surface area contributed by atoms with E-state index < -0.39 is 0 Å². The standard InChI is InChI=1S/C17H27NO2/c1-11-5-7-16(12(2)9-11)18-13(3)15-10-14(20-4)6-8-17(15)19/h6,8,10-13,16,18-19H,5,7,9H2,1-4H3. The highest BCUT2D eigenvalue weighted by molar-refractivity contribution is 5.41. The van der Waals surface area contributed by atoms with E-state index >= 15 is 0 Å². The molecule has 0 heterocycles. The van der Waals surface area contributed by atoms with E-state index in [9.17, 15) is 5.11 Å². The van der Waals surface area contributed by atoms with Crippen molar-refractivity contribution in [1.29, 1.82) is 0 Å². The molecular weight excluding hydrogens is 250 g/mol. The van der Waals surface area contributed by atoms with Gasteiger partial charge in [-0.05, 0) is 56.2 Å². The van der Waals surface area contributed by atoms with Crippen LogP contribution in [0.3, 0.4) is 0 Å². The van der Waals surface area contributed by atoms with Crippen LogP contribution in [0.4, 0.5) is 0 Å². The number of benzene rings is 1. The molecular formula is C17H27NO2. The van der Waals surface area contributed by atoms with Crippen molar-refractivity contribution in [2.45, 2.75) is 52.1 Å². The molecule has 4 atom stereocenters. The molecule has 0 bridgehead atoms. The molecule has 0 spiro atoms. The number of methoxy groups -OCH3 is 1. The molecule has 0 saturated heterocycles. The highest BCUT2D eigenvalue weighted by Crippen LogP contribution is 2.33. The van der Waals surface area contributed by atoms with Crippen molar-refractivity contribution in [3.05, 3.63) is 23.8 Å². The van der Waals surface area contributed by atoms with Crippen LogP contribution in [0.25, 0.3) is 0 Å². The number of phenolic OH excluding ortho intramolecular Hbond substituents is 1. The first kappa shape index (κ1) is 15.2. The van der Waals surface area contributed by atoms with Gasteiger partial charge in [-0.3, -0.25) is 0 Å². The maximum atomic E-state index is 10.0. The minimum absolute atomic E-state index is 0.131. The zero-order valence-corrected chi connectivity index (χ0v) is 13.0. The van der Waals surface area contributed by atoms with Crippen LogP contribution in [0.2, 0.25) is 0 Å². The Morgan fingerprint density at radius 1 is 1.30 bits per heavy atom. The number of rotatable bonds is 4. The maximum absolute atomic E-state index is 10.0. The Labute approximate surface area is 122 Å². The van der Waals surface area contributed by atoms with E-state index in [-0.39, 0.29) is 6.04 Å². The lowest BCUT2D eigenvalue weighted by atomic mass is 9.79. The SMILES string of the molecule is COc1ccc(O)c(C(C)NC2CCC(C)CC2C)c1. The van der Waals surface area contributed by atoms with Crippen LogP contribution in [0, 0.1) is 11.8 Å². The van der Waals surface area contributed by atoms with Crippen molar-refractivity contribution in [1.82, 2.24) is 5.32 Å². The molecule has 1 aromatic rings. The minimum atomic E-state index is 0.131. The summed E-state index contributed by atoms with van der Waals surface area (Å²) in [4.78, 5) is 0. The van der Waals surface area contributed by atoms with Crippen molar-refractivity contribution < 1.29 is 9.84 Å². The van der Waals surface area contributed by atoms with Gasteiger partial charge in [-0.2, -0.15) is 0 Å². The molecule has 1 saturated carbocycles. The van der Waals surface area contributed by atoms with Gasteiger partial charge in [0.1, 0.15) is 11.5 Å². The van der Waals surface area contributed by atoms with Crippen molar-refractivity contribution in [3.63, 3.8) is 0 Å². The smallest absolute Gasteiger partial charge is 0.120 e. The van der Waals surface area contributed by atoms with Gasteiger partial charge >= 0.3 is 0 Å². The number of nitrogens with one attached hydrogen (secondary N) is 1. The quantitative estimate of drug-likeness (QED) is 0.877. The fourth-order valence-electron chi connectivity index (χ4n) is 3.33. The molecule has 1 aliphatic rings. The number of hydrogen-bond donors (Lipinski definition) is 2. The maximum Gasteiger partial charge on any atom is 0.120 e. The Hall–Kier alpha value is -1.22. The average molecular weight is 277 g/mol. The number of aromatic hydroxyl groups is 1. The second kappa shape index (κ2) is 6.49. The van der Waals surface area contributed by atoms with Crippen LogP contribution in [0.1, 0.15) is 51.6 Å². The summed E-state index contributed by atoms with van der Waals surface area (Å²) in [7, 11) is 1.65. The molecule has 2 N–H and O–H groups in total. The van der Waals surface area contributed by atoms with Gasteiger partial charge in [0.05, 0.1) is 7.11 Å². The lowest BCUT2D eigenvalue weighted by molar-refractivity contribution is 0.215. The number of phenols is 1. The van der Waals surface area contributed by atoms with Gasteiger partial charge in [0.15, 0.2) is 0 Å². The normalized spacial score (nSPS) is 28.1. The minimum Gasteiger partial charge on any atom is -0.508 e. The molecule has 0 aromatic heterocycles. The monoisotopic (exact) mass is 277 g/mol. The van der Waals surface area contributed by atoms with E-state index in [1.807, 2.05) is 6.07 Å². The second-order valence-electron chi connectivity index (χ2n) is 6.32. The van der Waals surface area contributed by atoms with Crippen molar-refractivity contribution in [2.75, 3.05) is 7.11 Å². The first-order valence-electron chi connectivity index (χ1n) is 7.64. The van der Waals surface area contributed by atoms with Crippen LogP contribution in [-0.4, -0.2) is 18.3 Å². The number of ether oxygens (including phenoxy) is 1. The summed E-state index contributed by atoms with van der Waals surface area (Å²) in [6.45, 7) is 6.77. The molecule has 3 heteroatoms. The van der Waals surface area contributed by atoms with Crippen molar-refractivity contribution in [2.24, 2.45) is 11.8 Å². The van der Waals surface area contributed by atoms with E-state index in [2.05, 4.69) is 26.1 Å². The van der Waals surface area contributed by atoms with Crippen LogP contribution in [0.15, 0.2) is 18.2 Å². The molecule has 0 radical (unpaired) electrons. The molecule has 1 aromatic carbocycles. The molecule has 20 heavy (non-hydrogen) atoms. The van der Waals surface area contributed by atoms with E-state index in [1.165, 1.54) is 19.3 Å².